The highest BCUT2D eigenvalue weighted by atomic mass is 16.3. The van der Waals surface area contributed by atoms with E-state index in [1.54, 1.807) is 0 Å². The maximum absolute atomic E-state index is 6.82. The van der Waals surface area contributed by atoms with Crippen molar-refractivity contribution in [3.05, 3.63) is 198 Å². The molecule has 2 aromatic heterocycles. The lowest BCUT2D eigenvalue weighted by Crippen LogP contribution is -2.34. The third-order valence-corrected chi connectivity index (χ3v) is 12.4. The Kier molecular flexibility index (Phi) is 7.15. The van der Waals surface area contributed by atoms with Crippen LogP contribution in [0.3, 0.4) is 0 Å². The summed E-state index contributed by atoms with van der Waals surface area (Å²) in [5.74, 6) is 0. The summed E-state index contributed by atoms with van der Waals surface area (Å²) in [7, 11) is 0. The number of nitrogens with zero attached hydrogens (tertiary/aromatic N) is 2. The van der Waals surface area contributed by atoms with Gasteiger partial charge in [0.05, 0.1) is 17.4 Å². The van der Waals surface area contributed by atoms with Crippen LogP contribution in [0.2, 0.25) is 0 Å². The number of benzene rings is 9. The normalized spacial score (nSPS) is 14.1. The number of rotatable bonds is 6. The van der Waals surface area contributed by atoms with Gasteiger partial charge in [-0.25, -0.2) is 0 Å². The first-order chi connectivity index (χ1) is 28.6. The molecule has 0 aliphatic heterocycles. The van der Waals surface area contributed by atoms with Crippen molar-refractivity contribution in [2.24, 2.45) is 0 Å². The molecule has 12 rings (SSSR count). The van der Waals surface area contributed by atoms with Crippen molar-refractivity contribution in [3.63, 3.8) is 0 Å². The molecule has 9 aromatic carbocycles. The van der Waals surface area contributed by atoms with E-state index in [1.807, 2.05) is 6.07 Å². The topological polar surface area (TPSA) is 32.8 Å². The van der Waals surface area contributed by atoms with Gasteiger partial charge in [0.1, 0.15) is 11.2 Å². The minimum atomic E-state index is -0.111. The van der Waals surface area contributed by atoms with Crippen LogP contribution in [0.4, 0.5) is 22.7 Å². The van der Waals surface area contributed by atoms with Gasteiger partial charge in [-0.3, -0.25) is 0 Å². The van der Waals surface area contributed by atoms with Crippen LogP contribution in [0.25, 0.3) is 71.1 Å². The lowest BCUT2D eigenvalue weighted by molar-refractivity contribution is 0.657. The van der Waals surface area contributed by atoms with Gasteiger partial charge in [-0.2, -0.15) is 0 Å². The Labute approximate surface area is 335 Å². The molecule has 1 aliphatic carbocycles. The monoisotopic (exact) mass is 746 g/mol. The average molecular weight is 747 g/mol. The van der Waals surface area contributed by atoms with Gasteiger partial charge in [-0.1, -0.05) is 127 Å². The van der Waals surface area contributed by atoms with Gasteiger partial charge in [0.15, 0.2) is 11.2 Å². The third kappa shape index (κ3) is 4.75. The van der Waals surface area contributed by atoms with Crippen molar-refractivity contribution >= 4 is 93.9 Å². The Morgan fingerprint density at radius 1 is 0.448 bits per heavy atom. The minimum Gasteiger partial charge on any atom is -0.454 e. The second-order valence-electron chi connectivity index (χ2n) is 15.7. The molecule has 1 atom stereocenters. The summed E-state index contributed by atoms with van der Waals surface area (Å²) >= 11 is 0. The van der Waals surface area contributed by atoms with Crippen LogP contribution >= 0.6 is 0 Å². The van der Waals surface area contributed by atoms with Gasteiger partial charge in [0.2, 0.25) is 0 Å². The van der Waals surface area contributed by atoms with Crippen molar-refractivity contribution in [1.29, 1.82) is 0 Å². The van der Waals surface area contributed by atoms with Crippen LogP contribution in [0.5, 0.6) is 0 Å². The highest BCUT2D eigenvalue weighted by molar-refractivity contribution is 6.16. The maximum Gasteiger partial charge on any atom is 0.159 e. The van der Waals surface area contributed by atoms with Gasteiger partial charge in [0.25, 0.3) is 0 Å². The number of anilines is 4. The number of hydrogen-bond donors (Lipinski definition) is 0. The molecule has 2 heterocycles. The van der Waals surface area contributed by atoms with Gasteiger partial charge in [-0.05, 0) is 101 Å². The number of furan rings is 2. The molecular weight excluding hydrogens is 709 g/mol. The van der Waals surface area contributed by atoms with Gasteiger partial charge in [0, 0.05) is 50.3 Å². The van der Waals surface area contributed by atoms with Crippen LogP contribution in [-0.4, -0.2) is 0 Å². The predicted octanol–water partition coefficient (Wildman–Crippen LogP) is 14.4. The van der Waals surface area contributed by atoms with Gasteiger partial charge < -0.3 is 18.6 Å². The van der Waals surface area contributed by atoms with E-state index in [2.05, 4.69) is 194 Å². The Bertz CT molecular complexity index is 3450. The first-order valence-electron chi connectivity index (χ1n) is 20.1. The Morgan fingerprint density at radius 2 is 0.983 bits per heavy atom. The first kappa shape index (κ1) is 32.9. The van der Waals surface area contributed by atoms with Crippen molar-refractivity contribution in [2.75, 3.05) is 9.80 Å². The number of fused-ring (bicyclic) bond motifs is 6. The van der Waals surface area contributed by atoms with Crippen molar-refractivity contribution < 1.29 is 8.83 Å². The van der Waals surface area contributed by atoms with Crippen LogP contribution in [0.15, 0.2) is 185 Å². The fourth-order valence-corrected chi connectivity index (χ4v) is 9.95. The molecule has 4 heteroatoms. The first-order valence-corrected chi connectivity index (χ1v) is 20.1. The second kappa shape index (κ2) is 12.6. The molecule has 0 saturated heterocycles. The molecule has 276 valence electrons. The molecule has 0 bridgehead atoms. The molecule has 1 aliphatic rings. The minimum absolute atomic E-state index is 0.111. The van der Waals surface area contributed by atoms with Crippen molar-refractivity contribution in [3.8, 4) is 0 Å². The van der Waals surface area contributed by atoms with E-state index in [-0.39, 0.29) is 6.04 Å². The molecule has 0 saturated carbocycles. The van der Waals surface area contributed by atoms with Crippen molar-refractivity contribution in [1.82, 2.24) is 0 Å². The van der Waals surface area contributed by atoms with Crippen LogP contribution in [-0.2, 0) is 0 Å². The molecule has 1 unspecified atom stereocenters. The summed E-state index contributed by atoms with van der Waals surface area (Å²) in [4.78, 5) is 5.00. The molecule has 0 radical (unpaired) electrons. The second-order valence-corrected chi connectivity index (χ2v) is 15.7. The smallest absolute Gasteiger partial charge is 0.159 e. The summed E-state index contributed by atoms with van der Waals surface area (Å²) in [6, 6.07) is 63.3. The molecule has 0 amide bonds. The number of para-hydroxylation sites is 6. The Balaban J connectivity index is 1.21. The van der Waals surface area contributed by atoms with E-state index >= 15 is 0 Å². The van der Waals surface area contributed by atoms with Gasteiger partial charge in [-0.15, -0.1) is 0 Å². The van der Waals surface area contributed by atoms with E-state index < -0.39 is 0 Å². The summed E-state index contributed by atoms with van der Waals surface area (Å²) in [6.45, 7) is 4.50. The standard InChI is InChI=1S/C54H38N2O2/c1-33-31-34(2)38-28-30-44-48(56(36-17-7-4-8-18-36)46-24-14-22-42-40-20-10-12-26-50(40)58-54(42)46)32-47(43-29-27-37(33)51(38)52(43)44)55(35-15-5-3-6-16-35)45-23-13-21-41-39-19-9-11-25-49(39)57-53(41)45/h3-31,47H,32H2,1-2H3. The molecule has 0 fully saturated rings. The summed E-state index contributed by atoms with van der Waals surface area (Å²) < 4.78 is 13.6. The van der Waals surface area contributed by atoms with Crippen LogP contribution in [0, 0.1) is 13.8 Å². The zero-order valence-electron chi connectivity index (χ0n) is 32.2. The van der Waals surface area contributed by atoms with Crippen LogP contribution in [0.1, 0.15) is 29.2 Å². The van der Waals surface area contributed by atoms with E-state index in [9.17, 15) is 0 Å². The number of aryl methyl sites for hydroxylation is 2. The van der Waals surface area contributed by atoms with E-state index in [0.717, 1.165) is 66.6 Å². The zero-order chi connectivity index (χ0) is 38.5. The van der Waals surface area contributed by atoms with Gasteiger partial charge >= 0.3 is 0 Å². The molecule has 58 heavy (non-hydrogen) atoms. The highest BCUT2D eigenvalue weighted by Crippen LogP contribution is 2.50. The quantitative estimate of drug-likeness (QED) is 0.170. The van der Waals surface area contributed by atoms with E-state index in [0.29, 0.717) is 6.42 Å². The summed E-state index contributed by atoms with van der Waals surface area (Å²) in [5.41, 5.74) is 12.9. The fourth-order valence-electron chi connectivity index (χ4n) is 9.95. The lowest BCUT2D eigenvalue weighted by Gasteiger charge is -2.40. The summed E-state index contributed by atoms with van der Waals surface area (Å²) in [5, 5.41) is 10.9. The Hall–Kier alpha value is -7.30. The van der Waals surface area contributed by atoms with Crippen molar-refractivity contribution in [2.45, 2.75) is 26.3 Å². The van der Waals surface area contributed by atoms with E-state index in [1.165, 1.54) is 49.2 Å². The molecule has 11 aromatic rings. The fraction of sp³-hybridized carbons (Fsp3) is 0.0741. The SMILES string of the molecule is Cc1cc(C)c2ccc3c4c(ccc1c24)C(N(c1ccccc1)c1cccc2c1oc1ccccc12)CC=3N(c1ccccc1)c1cccc2c1oc1ccccc12. The third-order valence-electron chi connectivity index (χ3n) is 12.4. The predicted molar refractivity (Wildman–Crippen MR) is 242 cm³/mol. The molecular formula is C54H38N2O2. The van der Waals surface area contributed by atoms with E-state index in [4.69, 9.17) is 8.83 Å². The highest BCUT2D eigenvalue weighted by Gasteiger charge is 2.35. The molecule has 0 spiro atoms. The maximum atomic E-state index is 6.82. The number of hydrogen-bond acceptors (Lipinski definition) is 4. The average Bonchev–Trinajstić information content (AvgIpc) is 3.85. The zero-order valence-corrected chi connectivity index (χ0v) is 32.2. The van der Waals surface area contributed by atoms with Crippen LogP contribution < -0.4 is 15.0 Å². The molecule has 0 N–H and O–H groups in total. The Morgan fingerprint density at radius 3 is 1.64 bits per heavy atom. The summed E-state index contributed by atoms with van der Waals surface area (Å²) in [6.07, 6.45) is 0.704. The molecule has 4 nitrogen and oxygen atoms in total. The lowest BCUT2D eigenvalue weighted by atomic mass is 9.82. The largest absolute Gasteiger partial charge is 0.454 e.